The molecule has 0 aliphatic carbocycles. The highest BCUT2D eigenvalue weighted by Crippen LogP contribution is 2.25. The number of carbonyl (C=O) groups excluding carboxylic acids is 1. The molecule has 1 fully saturated rings. The van der Waals surface area contributed by atoms with Crippen molar-refractivity contribution in [2.24, 2.45) is 0 Å². The zero-order valence-corrected chi connectivity index (χ0v) is 18.8. The van der Waals surface area contributed by atoms with Crippen molar-refractivity contribution in [3.8, 4) is 0 Å². The predicted molar refractivity (Wildman–Crippen MR) is 120 cm³/mol. The molecule has 1 aliphatic heterocycles. The number of nitrogens with zero attached hydrogens (tertiary/aromatic N) is 1. The van der Waals surface area contributed by atoms with E-state index in [0.29, 0.717) is 22.4 Å². The van der Waals surface area contributed by atoms with Gasteiger partial charge in [-0.05, 0) is 61.2 Å². The second-order valence-electron chi connectivity index (χ2n) is 8.03. The van der Waals surface area contributed by atoms with E-state index in [1.54, 1.807) is 30.3 Å². The number of aryl methyl sites for hydroxylation is 2. The number of carbonyl (C=O) groups is 1. The van der Waals surface area contributed by atoms with Crippen LogP contribution >= 0.6 is 11.6 Å². The zero-order chi connectivity index (χ0) is 22.3. The van der Waals surface area contributed by atoms with Gasteiger partial charge in [0.05, 0.1) is 16.9 Å². The lowest BCUT2D eigenvalue weighted by Crippen LogP contribution is -2.40. The Hall–Kier alpha value is -2.64. The van der Waals surface area contributed by atoms with E-state index in [1.807, 2.05) is 19.9 Å². The summed E-state index contributed by atoms with van der Waals surface area (Å²) in [6.45, 7) is 3.97. The highest BCUT2D eigenvalue weighted by molar-refractivity contribution is 7.91. The second kappa shape index (κ2) is 8.13. The van der Waals surface area contributed by atoms with Crippen LogP contribution in [0.2, 0.25) is 5.02 Å². The average molecular weight is 460 g/mol. The molecule has 0 saturated carbocycles. The lowest BCUT2D eigenvalue weighted by Gasteiger charge is -2.28. The zero-order valence-electron chi connectivity index (χ0n) is 17.2. The third kappa shape index (κ3) is 4.52. The van der Waals surface area contributed by atoms with Crippen LogP contribution in [0.25, 0.3) is 11.0 Å². The van der Waals surface area contributed by atoms with Crippen molar-refractivity contribution in [1.82, 2.24) is 4.90 Å². The third-order valence-electron chi connectivity index (χ3n) is 5.71. The van der Waals surface area contributed by atoms with Crippen LogP contribution in [-0.4, -0.2) is 36.8 Å². The van der Waals surface area contributed by atoms with Crippen molar-refractivity contribution < 1.29 is 17.6 Å². The van der Waals surface area contributed by atoms with Crippen LogP contribution in [0.4, 0.5) is 0 Å². The molecule has 31 heavy (non-hydrogen) atoms. The number of amides is 1. The first-order valence-electron chi connectivity index (χ1n) is 9.94. The highest BCUT2D eigenvalue weighted by Gasteiger charge is 2.36. The van der Waals surface area contributed by atoms with Crippen molar-refractivity contribution in [1.29, 1.82) is 0 Å². The molecule has 1 saturated heterocycles. The van der Waals surface area contributed by atoms with Gasteiger partial charge in [0.1, 0.15) is 5.58 Å². The molecule has 4 rings (SSSR count). The smallest absolute Gasteiger partial charge is 0.290 e. The van der Waals surface area contributed by atoms with Crippen molar-refractivity contribution >= 4 is 38.3 Å². The molecule has 1 atom stereocenters. The van der Waals surface area contributed by atoms with Crippen LogP contribution in [0.1, 0.15) is 33.7 Å². The number of sulfone groups is 1. The maximum Gasteiger partial charge on any atom is 0.290 e. The van der Waals surface area contributed by atoms with Gasteiger partial charge in [0.25, 0.3) is 5.91 Å². The van der Waals surface area contributed by atoms with Crippen LogP contribution in [0.3, 0.4) is 0 Å². The monoisotopic (exact) mass is 459 g/mol. The van der Waals surface area contributed by atoms with Gasteiger partial charge >= 0.3 is 0 Å². The Kier molecular flexibility index (Phi) is 5.66. The quantitative estimate of drug-likeness (QED) is 0.590. The normalized spacial score (nSPS) is 17.7. The van der Waals surface area contributed by atoms with Crippen LogP contribution in [-0.2, 0) is 16.4 Å². The molecule has 2 heterocycles. The predicted octanol–water partition coefficient (Wildman–Crippen LogP) is 3.89. The fraction of sp³-hybridized carbons (Fsp3) is 0.304. The number of fused-ring (bicyclic) bond motifs is 1. The van der Waals surface area contributed by atoms with E-state index in [2.05, 4.69) is 0 Å². The summed E-state index contributed by atoms with van der Waals surface area (Å²) in [5.74, 6) is -0.710. The molecule has 3 aromatic rings. The highest BCUT2D eigenvalue weighted by atomic mass is 35.5. The largest absolute Gasteiger partial charge is 0.451 e. The molecule has 8 heteroatoms. The first kappa shape index (κ1) is 21.6. The Morgan fingerprint density at radius 2 is 1.90 bits per heavy atom. The fourth-order valence-corrected chi connectivity index (χ4v) is 5.82. The Labute approximate surface area is 185 Å². The Balaban J connectivity index is 1.76. The van der Waals surface area contributed by atoms with Crippen molar-refractivity contribution in [2.45, 2.75) is 32.9 Å². The number of benzene rings is 2. The summed E-state index contributed by atoms with van der Waals surface area (Å²) in [7, 11) is -3.22. The van der Waals surface area contributed by atoms with Gasteiger partial charge in [0, 0.05) is 23.7 Å². The van der Waals surface area contributed by atoms with Gasteiger partial charge in [0.15, 0.2) is 21.0 Å². The van der Waals surface area contributed by atoms with E-state index in [0.717, 1.165) is 16.7 Å². The molecule has 0 radical (unpaired) electrons. The van der Waals surface area contributed by atoms with Gasteiger partial charge in [-0.2, -0.15) is 0 Å². The molecule has 1 amide bonds. The van der Waals surface area contributed by atoms with Crippen LogP contribution in [0.5, 0.6) is 0 Å². The van der Waals surface area contributed by atoms with E-state index < -0.39 is 21.8 Å². The van der Waals surface area contributed by atoms with E-state index >= 15 is 0 Å². The van der Waals surface area contributed by atoms with Crippen molar-refractivity contribution in [2.75, 3.05) is 11.5 Å². The standard InChI is InChI=1S/C23H22ClNO5S/c1-14-8-19-20(26)11-22(30-21(19)9-15(14)2)23(27)25(18-6-7-31(28,29)13-18)12-16-4-3-5-17(24)10-16/h3-5,8-11,18H,6-7,12-13H2,1-2H3/t18-/m1/s1. The van der Waals surface area contributed by atoms with Gasteiger partial charge < -0.3 is 9.32 Å². The van der Waals surface area contributed by atoms with E-state index in [1.165, 1.54) is 11.0 Å². The minimum Gasteiger partial charge on any atom is -0.451 e. The molecule has 0 unspecified atom stereocenters. The summed E-state index contributed by atoms with van der Waals surface area (Å²) in [5, 5.41) is 0.927. The van der Waals surface area contributed by atoms with Gasteiger partial charge in [-0.15, -0.1) is 0 Å². The summed E-state index contributed by atoms with van der Waals surface area (Å²) in [4.78, 5) is 27.6. The van der Waals surface area contributed by atoms with Gasteiger partial charge in [-0.25, -0.2) is 8.42 Å². The van der Waals surface area contributed by atoms with Crippen LogP contribution < -0.4 is 5.43 Å². The number of rotatable bonds is 4. The summed E-state index contributed by atoms with van der Waals surface area (Å²) in [6, 6.07) is 11.2. The van der Waals surface area contributed by atoms with Gasteiger partial charge in [0.2, 0.25) is 0 Å². The Bertz CT molecular complexity index is 1350. The second-order valence-corrected chi connectivity index (χ2v) is 10.7. The molecule has 0 N–H and O–H groups in total. The van der Waals surface area contributed by atoms with Crippen LogP contribution in [0, 0.1) is 13.8 Å². The third-order valence-corrected chi connectivity index (χ3v) is 7.69. The molecule has 2 aromatic carbocycles. The summed E-state index contributed by atoms with van der Waals surface area (Å²) < 4.78 is 30.0. The summed E-state index contributed by atoms with van der Waals surface area (Å²) >= 11 is 6.08. The van der Waals surface area contributed by atoms with E-state index in [-0.39, 0.29) is 29.2 Å². The van der Waals surface area contributed by atoms with E-state index in [4.69, 9.17) is 16.0 Å². The van der Waals surface area contributed by atoms with E-state index in [9.17, 15) is 18.0 Å². The minimum atomic E-state index is -3.22. The maximum absolute atomic E-state index is 13.4. The van der Waals surface area contributed by atoms with Crippen molar-refractivity contribution in [3.63, 3.8) is 0 Å². The van der Waals surface area contributed by atoms with Gasteiger partial charge in [-0.3, -0.25) is 9.59 Å². The van der Waals surface area contributed by atoms with Gasteiger partial charge in [-0.1, -0.05) is 23.7 Å². The fourth-order valence-electron chi connectivity index (χ4n) is 3.88. The molecule has 0 bridgehead atoms. The first-order chi connectivity index (χ1) is 14.6. The summed E-state index contributed by atoms with van der Waals surface area (Å²) in [6.07, 6.45) is 0.338. The minimum absolute atomic E-state index is 0.0249. The average Bonchev–Trinajstić information content (AvgIpc) is 3.06. The topological polar surface area (TPSA) is 84.7 Å². The lowest BCUT2D eigenvalue weighted by molar-refractivity contribution is 0.0648. The number of halogens is 1. The first-order valence-corrected chi connectivity index (χ1v) is 12.1. The molecule has 162 valence electrons. The Morgan fingerprint density at radius 3 is 2.58 bits per heavy atom. The summed E-state index contributed by atoms with van der Waals surface area (Å²) in [5.41, 5.74) is 2.69. The number of hydrogen-bond acceptors (Lipinski definition) is 5. The SMILES string of the molecule is Cc1cc2oc(C(=O)N(Cc3cccc(Cl)c3)[C@@H]3CCS(=O)(=O)C3)cc(=O)c2cc1C. The molecule has 0 spiro atoms. The molecular weight excluding hydrogens is 438 g/mol. The lowest BCUT2D eigenvalue weighted by atomic mass is 10.1. The Morgan fingerprint density at radius 1 is 1.16 bits per heavy atom. The molecular formula is C23H22ClNO5S. The van der Waals surface area contributed by atoms with Crippen LogP contribution in [0.15, 0.2) is 51.7 Å². The molecule has 6 nitrogen and oxygen atoms in total. The van der Waals surface area contributed by atoms with Crippen molar-refractivity contribution in [3.05, 3.63) is 80.2 Å². The number of hydrogen-bond donors (Lipinski definition) is 0. The molecule has 1 aliphatic rings. The molecule has 1 aromatic heterocycles. The maximum atomic E-state index is 13.4.